The monoisotopic (exact) mass is 261 g/mol. The van der Waals surface area contributed by atoms with Gasteiger partial charge in [0, 0.05) is 24.4 Å². The van der Waals surface area contributed by atoms with Crippen molar-refractivity contribution in [2.75, 3.05) is 16.8 Å². The number of aryl methyl sites for hydroxylation is 1. The topological polar surface area (TPSA) is 51.0 Å². The second-order valence-electron chi connectivity index (χ2n) is 4.38. The van der Waals surface area contributed by atoms with E-state index in [0.29, 0.717) is 17.8 Å². The van der Waals surface area contributed by atoms with Crippen molar-refractivity contribution in [3.8, 4) is 11.5 Å². The zero-order chi connectivity index (χ0) is 12.4. The molecule has 0 radical (unpaired) electrons. The average Bonchev–Trinajstić information content (AvgIpc) is 3.02. The normalized spacial score (nSPS) is 19.1. The molecule has 1 fully saturated rings. The molecule has 3 rings (SSSR count). The van der Waals surface area contributed by atoms with Gasteiger partial charge in [-0.2, -0.15) is 11.8 Å². The Balaban J connectivity index is 1.89. The first-order chi connectivity index (χ1) is 8.83. The van der Waals surface area contributed by atoms with Crippen LogP contribution < -0.4 is 5.32 Å². The quantitative estimate of drug-likeness (QED) is 0.920. The summed E-state index contributed by atoms with van der Waals surface area (Å²) >= 11 is 1.99. The van der Waals surface area contributed by atoms with E-state index in [4.69, 9.17) is 4.42 Å². The fourth-order valence-corrected chi connectivity index (χ4v) is 3.22. The standard InChI is InChI=1S/C13H15N3OS/c1-9-15-16-13(17-9)11-4-2-3-5-12(11)14-10-6-7-18-8-10/h2-5,10,14H,6-8H2,1H3. The van der Waals surface area contributed by atoms with Crippen LogP contribution in [-0.2, 0) is 0 Å². The highest BCUT2D eigenvalue weighted by Gasteiger charge is 2.18. The molecule has 1 atom stereocenters. The van der Waals surface area contributed by atoms with Crippen molar-refractivity contribution in [2.24, 2.45) is 0 Å². The van der Waals surface area contributed by atoms with Gasteiger partial charge in [0.1, 0.15) is 0 Å². The Morgan fingerprint density at radius 1 is 1.33 bits per heavy atom. The molecular formula is C13H15N3OS. The van der Waals surface area contributed by atoms with E-state index in [1.165, 1.54) is 12.2 Å². The number of rotatable bonds is 3. The minimum Gasteiger partial charge on any atom is -0.421 e. The Kier molecular flexibility index (Phi) is 3.23. The molecule has 1 N–H and O–H groups in total. The van der Waals surface area contributed by atoms with E-state index in [2.05, 4.69) is 21.6 Å². The smallest absolute Gasteiger partial charge is 0.249 e. The van der Waals surface area contributed by atoms with Gasteiger partial charge in [-0.25, -0.2) is 0 Å². The van der Waals surface area contributed by atoms with Crippen LogP contribution in [-0.4, -0.2) is 27.7 Å². The maximum atomic E-state index is 5.51. The van der Waals surface area contributed by atoms with Crippen molar-refractivity contribution < 1.29 is 4.42 Å². The van der Waals surface area contributed by atoms with Crippen LogP contribution in [0, 0.1) is 6.92 Å². The molecule has 0 aliphatic carbocycles. The number of aromatic nitrogens is 2. The summed E-state index contributed by atoms with van der Waals surface area (Å²) in [6.45, 7) is 1.81. The number of benzene rings is 1. The lowest BCUT2D eigenvalue weighted by Crippen LogP contribution is -2.18. The van der Waals surface area contributed by atoms with Gasteiger partial charge < -0.3 is 9.73 Å². The number of hydrogen-bond acceptors (Lipinski definition) is 5. The van der Waals surface area contributed by atoms with E-state index >= 15 is 0 Å². The van der Waals surface area contributed by atoms with Crippen LogP contribution in [0.15, 0.2) is 28.7 Å². The molecule has 0 amide bonds. The van der Waals surface area contributed by atoms with Crippen molar-refractivity contribution >= 4 is 17.4 Å². The third kappa shape index (κ3) is 2.36. The molecule has 2 heterocycles. The summed E-state index contributed by atoms with van der Waals surface area (Å²) in [6.07, 6.45) is 1.21. The van der Waals surface area contributed by atoms with E-state index in [-0.39, 0.29) is 0 Å². The summed E-state index contributed by atoms with van der Waals surface area (Å²) in [5.74, 6) is 3.58. The van der Waals surface area contributed by atoms with Gasteiger partial charge in [-0.1, -0.05) is 12.1 Å². The lowest BCUT2D eigenvalue weighted by Gasteiger charge is -2.14. The van der Waals surface area contributed by atoms with Crippen molar-refractivity contribution in [3.63, 3.8) is 0 Å². The van der Waals surface area contributed by atoms with Gasteiger partial charge in [-0.15, -0.1) is 10.2 Å². The molecule has 0 bridgehead atoms. The second kappa shape index (κ2) is 5.02. The molecule has 1 aliphatic heterocycles. The minimum absolute atomic E-state index is 0.542. The van der Waals surface area contributed by atoms with Gasteiger partial charge in [0.2, 0.25) is 11.8 Å². The van der Waals surface area contributed by atoms with E-state index in [1.807, 2.05) is 30.0 Å². The lowest BCUT2D eigenvalue weighted by molar-refractivity contribution is 0.533. The van der Waals surface area contributed by atoms with Crippen LogP contribution >= 0.6 is 11.8 Å². The average molecular weight is 261 g/mol. The predicted molar refractivity (Wildman–Crippen MR) is 73.8 cm³/mol. The molecule has 18 heavy (non-hydrogen) atoms. The van der Waals surface area contributed by atoms with E-state index < -0.39 is 0 Å². The highest BCUT2D eigenvalue weighted by Crippen LogP contribution is 2.29. The van der Waals surface area contributed by atoms with Gasteiger partial charge in [-0.3, -0.25) is 0 Å². The van der Waals surface area contributed by atoms with Gasteiger partial charge in [0.25, 0.3) is 0 Å². The maximum Gasteiger partial charge on any atom is 0.249 e. The third-order valence-electron chi connectivity index (χ3n) is 2.97. The zero-order valence-corrected chi connectivity index (χ0v) is 11.0. The molecule has 0 saturated carbocycles. The fourth-order valence-electron chi connectivity index (χ4n) is 2.07. The highest BCUT2D eigenvalue weighted by molar-refractivity contribution is 7.99. The molecule has 1 aromatic heterocycles. The molecular weight excluding hydrogens is 246 g/mol. The largest absolute Gasteiger partial charge is 0.421 e. The van der Waals surface area contributed by atoms with Gasteiger partial charge in [0.05, 0.1) is 5.56 Å². The summed E-state index contributed by atoms with van der Waals surface area (Å²) in [4.78, 5) is 0. The van der Waals surface area contributed by atoms with Gasteiger partial charge in [0.15, 0.2) is 0 Å². The Bertz CT molecular complexity index is 535. The van der Waals surface area contributed by atoms with Crippen molar-refractivity contribution in [1.82, 2.24) is 10.2 Å². The Morgan fingerprint density at radius 3 is 2.94 bits per heavy atom. The van der Waals surface area contributed by atoms with Gasteiger partial charge in [-0.05, 0) is 24.3 Å². The van der Waals surface area contributed by atoms with E-state index in [9.17, 15) is 0 Å². The zero-order valence-electron chi connectivity index (χ0n) is 10.2. The first kappa shape index (κ1) is 11.6. The van der Waals surface area contributed by atoms with E-state index in [1.54, 1.807) is 6.92 Å². The summed E-state index contributed by atoms with van der Waals surface area (Å²) in [6, 6.07) is 8.63. The number of nitrogens with one attached hydrogen (secondary N) is 1. The van der Waals surface area contributed by atoms with Crippen LogP contribution in [0.4, 0.5) is 5.69 Å². The van der Waals surface area contributed by atoms with Crippen molar-refractivity contribution in [1.29, 1.82) is 0 Å². The summed E-state index contributed by atoms with van der Waals surface area (Å²) in [5.41, 5.74) is 2.06. The van der Waals surface area contributed by atoms with Crippen LogP contribution in [0.2, 0.25) is 0 Å². The number of hydrogen-bond donors (Lipinski definition) is 1. The molecule has 1 unspecified atom stereocenters. The maximum absolute atomic E-state index is 5.51. The number of para-hydroxylation sites is 1. The third-order valence-corrected chi connectivity index (χ3v) is 4.14. The first-order valence-electron chi connectivity index (χ1n) is 6.07. The van der Waals surface area contributed by atoms with Crippen molar-refractivity contribution in [3.05, 3.63) is 30.2 Å². The Morgan fingerprint density at radius 2 is 2.22 bits per heavy atom. The van der Waals surface area contributed by atoms with E-state index in [0.717, 1.165) is 17.0 Å². The summed E-state index contributed by atoms with van der Waals surface area (Å²) in [5, 5.41) is 11.5. The van der Waals surface area contributed by atoms with Crippen LogP contribution in [0.3, 0.4) is 0 Å². The minimum atomic E-state index is 0.542. The molecule has 5 heteroatoms. The Hall–Kier alpha value is -1.49. The highest BCUT2D eigenvalue weighted by atomic mass is 32.2. The molecule has 1 aromatic carbocycles. The number of thioether (sulfide) groups is 1. The Labute approximate surface area is 110 Å². The molecule has 2 aromatic rings. The molecule has 0 spiro atoms. The number of nitrogens with zero attached hydrogens (tertiary/aromatic N) is 2. The lowest BCUT2D eigenvalue weighted by atomic mass is 10.1. The molecule has 1 saturated heterocycles. The SMILES string of the molecule is Cc1nnc(-c2ccccc2NC2CCSC2)o1. The fraction of sp³-hybridized carbons (Fsp3) is 0.385. The van der Waals surface area contributed by atoms with Crippen LogP contribution in [0.5, 0.6) is 0 Å². The predicted octanol–water partition coefficient (Wildman–Crippen LogP) is 2.96. The van der Waals surface area contributed by atoms with Gasteiger partial charge >= 0.3 is 0 Å². The van der Waals surface area contributed by atoms with Crippen LogP contribution in [0.1, 0.15) is 12.3 Å². The molecule has 1 aliphatic rings. The van der Waals surface area contributed by atoms with Crippen molar-refractivity contribution in [2.45, 2.75) is 19.4 Å². The number of anilines is 1. The second-order valence-corrected chi connectivity index (χ2v) is 5.53. The summed E-state index contributed by atoms with van der Waals surface area (Å²) < 4.78 is 5.51. The first-order valence-corrected chi connectivity index (χ1v) is 7.22. The molecule has 94 valence electrons. The van der Waals surface area contributed by atoms with Crippen LogP contribution in [0.25, 0.3) is 11.5 Å². The molecule has 4 nitrogen and oxygen atoms in total. The summed E-state index contributed by atoms with van der Waals surface area (Å²) in [7, 11) is 0.